The van der Waals surface area contributed by atoms with Crippen molar-refractivity contribution in [3.05, 3.63) is 33.9 Å². The number of hydrogen-bond donors (Lipinski definition) is 1. The molecule has 0 unspecified atom stereocenters. The van der Waals surface area contributed by atoms with Gasteiger partial charge in [-0.2, -0.15) is 10.2 Å². The van der Waals surface area contributed by atoms with E-state index in [0.717, 1.165) is 28.9 Å². The molecule has 6 nitrogen and oxygen atoms in total. The average molecular weight is 386 g/mol. The highest BCUT2D eigenvalue weighted by molar-refractivity contribution is 6.31. The van der Waals surface area contributed by atoms with E-state index in [4.69, 9.17) is 11.6 Å². The number of carbonyl (C=O) groups is 1. The number of aromatic nitrogens is 4. The normalized spacial score (nSPS) is 14.2. The van der Waals surface area contributed by atoms with E-state index in [0.29, 0.717) is 30.2 Å². The second-order valence-corrected chi connectivity index (χ2v) is 7.02. The van der Waals surface area contributed by atoms with Crippen LogP contribution in [0.1, 0.15) is 54.4 Å². The van der Waals surface area contributed by atoms with Gasteiger partial charge in [-0.1, -0.05) is 11.6 Å². The highest BCUT2D eigenvalue weighted by Crippen LogP contribution is 2.40. The SMILES string of the molecule is Cc1nn(CCCNC(=O)Cn2nc(C3CC3)cc2C(F)F)c(C)c1Cl. The van der Waals surface area contributed by atoms with Gasteiger partial charge in [-0.05, 0) is 39.2 Å². The number of alkyl halides is 2. The number of amides is 1. The molecule has 3 rings (SSSR count). The van der Waals surface area contributed by atoms with E-state index in [-0.39, 0.29) is 24.1 Å². The van der Waals surface area contributed by atoms with Crippen LogP contribution in [0, 0.1) is 13.8 Å². The van der Waals surface area contributed by atoms with Crippen LogP contribution in [0.3, 0.4) is 0 Å². The fourth-order valence-corrected chi connectivity index (χ4v) is 3.01. The molecule has 0 spiro atoms. The summed E-state index contributed by atoms with van der Waals surface area (Å²) < 4.78 is 29.2. The molecule has 0 aromatic carbocycles. The molecule has 2 heterocycles. The quantitative estimate of drug-likeness (QED) is 0.708. The first-order valence-electron chi connectivity index (χ1n) is 8.68. The number of carbonyl (C=O) groups excluding carboxylic acids is 1. The molecule has 1 aliphatic rings. The monoisotopic (exact) mass is 385 g/mol. The summed E-state index contributed by atoms with van der Waals surface area (Å²) >= 11 is 6.10. The van der Waals surface area contributed by atoms with Crippen molar-refractivity contribution in [3.8, 4) is 0 Å². The molecule has 2 aromatic rings. The first-order valence-corrected chi connectivity index (χ1v) is 9.06. The second-order valence-electron chi connectivity index (χ2n) is 6.64. The van der Waals surface area contributed by atoms with Crippen LogP contribution in [0.5, 0.6) is 0 Å². The first kappa shape index (κ1) is 18.8. The van der Waals surface area contributed by atoms with Gasteiger partial charge in [0.1, 0.15) is 12.2 Å². The van der Waals surface area contributed by atoms with Crippen molar-refractivity contribution in [1.29, 1.82) is 0 Å². The Kier molecular flexibility index (Phi) is 5.60. The minimum atomic E-state index is -2.64. The Labute approximate surface area is 155 Å². The van der Waals surface area contributed by atoms with Gasteiger partial charge in [-0.3, -0.25) is 14.2 Å². The summed E-state index contributed by atoms with van der Waals surface area (Å²) in [5, 5.41) is 11.9. The van der Waals surface area contributed by atoms with E-state index < -0.39 is 6.43 Å². The summed E-state index contributed by atoms with van der Waals surface area (Å²) in [6, 6.07) is 1.42. The van der Waals surface area contributed by atoms with Crippen molar-refractivity contribution in [2.24, 2.45) is 0 Å². The zero-order chi connectivity index (χ0) is 18.8. The van der Waals surface area contributed by atoms with Crippen molar-refractivity contribution in [2.75, 3.05) is 6.54 Å². The number of rotatable bonds is 8. The van der Waals surface area contributed by atoms with Gasteiger partial charge in [0, 0.05) is 19.0 Å². The predicted octanol–water partition coefficient (Wildman–Crippen LogP) is 3.37. The topological polar surface area (TPSA) is 64.7 Å². The van der Waals surface area contributed by atoms with Crippen LogP contribution < -0.4 is 5.32 Å². The maximum Gasteiger partial charge on any atom is 0.280 e. The largest absolute Gasteiger partial charge is 0.354 e. The number of hydrogen-bond acceptors (Lipinski definition) is 3. The van der Waals surface area contributed by atoms with Gasteiger partial charge in [0.25, 0.3) is 6.43 Å². The standard InChI is InChI=1S/C17H22ClF2N5O/c1-10-16(18)11(2)24(22-10)7-3-6-21-15(26)9-25-14(17(19)20)8-13(23-25)12-4-5-12/h8,12,17H,3-7,9H2,1-2H3,(H,21,26). The van der Waals surface area contributed by atoms with Crippen LogP contribution in [0.2, 0.25) is 5.02 Å². The number of halogens is 3. The van der Waals surface area contributed by atoms with Gasteiger partial charge in [0.15, 0.2) is 0 Å². The Morgan fingerprint density at radius 1 is 1.35 bits per heavy atom. The molecule has 0 bridgehead atoms. The van der Waals surface area contributed by atoms with Gasteiger partial charge < -0.3 is 5.32 Å². The minimum absolute atomic E-state index is 0.195. The lowest BCUT2D eigenvalue weighted by Gasteiger charge is -2.09. The van der Waals surface area contributed by atoms with Crippen molar-refractivity contribution in [2.45, 2.75) is 58.5 Å². The van der Waals surface area contributed by atoms with Gasteiger partial charge in [0.2, 0.25) is 5.91 Å². The lowest BCUT2D eigenvalue weighted by Crippen LogP contribution is -2.30. The average Bonchev–Trinajstić information content (AvgIpc) is 3.31. The van der Waals surface area contributed by atoms with Crippen molar-refractivity contribution >= 4 is 17.5 Å². The first-order chi connectivity index (χ1) is 12.4. The molecule has 0 radical (unpaired) electrons. The highest BCUT2D eigenvalue weighted by atomic mass is 35.5. The van der Waals surface area contributed by atoms with Crippen LogP contribution in [0.25, 0.3) is 0 Å². The van der Waals surface area contributed by atoms with Crippen molar-refractivity contribution in [3.63, 3.8) is 0 Å². The van der Waals surface area contributed by atoms with Crippen LogP contribution in [-0.2, 0) is 17.9 Å². The van der Waals surface area contributed by atoms with Gasteiger partial charge in [0.05, 0.1) is 22.1 Å². The molecule has 1 saturated carbocycles. The Morgan fingerprint density at radius 2 is 2.08 bits per heavy atom. The summed E-state index contributed by atoms with van der Waals surface area (Å²) in [4.78, 5) is 12.1. The molecule has 0 atom stereocenters. The summed E-state index contributed by atoms with van der Waals surface area (Å²) in [7, 11) is 0. The Bertz CT molecular complexity index is 797. The van der Waals surface area contributed by atoms with Gasteiger partial charge in [-0.15, -0.1) is 0 Å². The molecule has 0 saturated heterocycles. The third kappa shape index (κ3) is 4.23. The van der Waals surface area contributed by atoms with Crippen LogP contribution in [-0.4, -0.2) is 32.0 Å². The lowest BCUT2D eigenvalue weighted by molar-refractivity contribution is -0.121. The molecule has 1 amide bonds. The van der Waals surface area contributed by atoms with Crippen molar-refractivity contribution < 1.29 is 13.6 Å². The molecule has 26 heavy (non-hydrogen) atoms. The van der Waals surface area contributed by atoms with Gasteiger partial charge >= 0.3 is 0 Å². The second kappa shape index (κ2) is 7.73. The fourth-order valence-electron chi connectivity index (χ4n) is 2.87. The lowest BCUT2D eigenvalue weighted by atomic mass is 10.3. The highest BCUT2D eigenvalue weighted by Gasteiger charge is 2.29. The third-order valence-corrected chi connectivity index (χ3v) is 5.05. The fraction of sp³-hybridized carbons (Fsp3) is 0.588. The van der Waals surface area contributed by atoms with E-state index in [2.05, 4.69) is 15.5 Å². The summed E-state index contributed by atoms with van der Waals surface area (Å²) in [5.41, 5.74) is 2.13. The molecule has 2 aromatic heterocycles. The van der Waals surface area contributed by atoms with E-state index in [1.807, 2.05) is 13.8 Å². The molecule has 9 heteroatoms. The van der Waals surface area contributed by atoms with Crippen LogP contribution in [0.15, 0.2) is 6.07 Å². The maximum atomic E-state index is 13.1. The molecule has 0 aliphatic heterocycles. The number of aryl methyl sites for hydroxylation is 2. The van der Waals surface area contributed by atoms with E-state index in [1.165, 1.54) is 6.07 Å². The van der Waals surface area contributed by atoms with E-state index in [1.54, 1.807) is 4.68 Å². The third-order valence-electron chi connectivity index (χ3n) is 4.50. The summed E-state index contributed by atoms with van der Waals surface area (Å²) in [6.07, 6.45) is -0.0265. The molecular weight excluding hydrogens is 364 g/mol. The Hall–Kier alpha value is -1.96. The van der Waals surface area contributed by atoms with Crippen molar-refractivity contribution in [1.82, 2.24) is 24.9 Å². The molecule has 1 N–H and O–H groups in total. The molecule has 142 valence electrons. The molecule has 1 fully saturated rings. The zero-order valence-electron chi connectivity index (χ0n) is 14.8. The summed E-state index contributed by atoms with van der Waals surface area (Å²) in [5.74, 6) is -0.0619. The van der Waals surface area contributed by atoms with E-state index >= 15 is 0 Å². The number of nitrogens with zero attached hydrogens (tertiary/aromatic N) is 4. The van der Waals surface area contributed by atoms with Gasteiger partial charge in [-0.25, -0.2) is 8.78 Å². The zero-order valence-corrected chi connectivity index (χ0v) is 15.6. The minimum Gasteiger partial charge on any atom is -0.354 e. The molecule has 1 aliphatic carbocycles. The van der Waals surface area contributed by atoms with Crippen LogP contribution in [0.4, 0.5) is 8.78 Å². The Balaban J connectivity index is 1.49. The Morgan fingerprint density at radius 3 is 2.65 bits per heavy atom. The predicted molar refractivity (Wildman–Crippen MR) is 93.5 cm³/mol. The number of nitrogens with one attached hydrogen (secondary N) is 1. The molecular formula is C17H22ClF2N5O. The summed E-state index contributed by atoms with van der Waals surface area (Å²) in [6.45, 7) is 4.58. The maximum absolute atomic E-state index is 13.1. The van der Waals surface area contributed by atoms with E-state index in [9.17, 15) is 13.6 Å². The smallest absolute Gasteiger partial charge is 0.280 e. The van der Waals surface area contributed by atoms with Crippen LogP contribution >= 0.6 is 11.6 Å².